The molecule has 2 N–H and O–H groups in total. The molecule has 1 saturated heterocycles. The molecule has 1 heterocycles. The van der Waals surface area contributed by atoms with Gasteiger partial charge in [-0.1, -0.05) is 35.9 Å². The van der Waals surface area contributed by atoms with Gasteiger partial charge in [0.05, 0.1) is 5.69 Å². The molecule has 0 aliphatic carbocycles. The fraction of sp³-hybridized carbons (Fsp3) is 0.143. The summed E-state index contributed by atoms with van der Waals surface area (Å²) in [5.41, 5.74) is 4.00. The maximum Gasteiger partial charge on any atom is 0.335 e. The number of amides is 5. The van der Waals surface area contributed by atoms with Crippen molar-refractivity contribution in [1.29, 1.82) is 0 Å². The molecule has 5 amide bonds. The van der Waals surface area contributed by atoms with Gasteiger partial charge in [0.15, 0.2) is 6.61 Å². The van der Waals surface area contributed by atoms with E-state index in [0.29, 0.717) is 27.7 Å². The van der Waals surface area contributed by atoms with Crippen molar-refractivity contribution in [3.8, 4) is 5.75 Å². The number of nitrogens with one attached hydrogen (secondary N) is 2. The Morgan fingerprint density at radius 1 is 0.973 bits per heavy atom. The minimum absolute atomic E-state index is 0.205. The topological polar surface area (TPSA) is 105 Å². The van der Waals surface area contributed by atoms with Crippen LogP contribution in [0.15, 0.2) is 66.2 Å². The van der Waals surface area contributed by atoms with E-state index < -0.39 is 17.8 Å². The van der Waals surface area contributed by atoms with Crippen molar-refractivity contribution in [2.45, 2.75) is 20.8 Å². The lowest BCUT2D eigenvalue weighted by molar-refractivity contribution is -0.122. The number of benzene rings is 3. The molecule has 0 radical (unpaired) electrons. The molecule has 4 rings (SSSR count). The molecule has 0 unspecified atom stereocenters. The van der Waals surface area contributed by atoms with Crippen molar-refractivity contribution in [3.05, 3.63) is 93.5 Å². The maximum absolute atomic E-state index is 13.1. The number of hydrogen-bond acceptors (Lipinski definition) is 5. The van der Waals surface area contributed by atoms with E-state index in [-0.39, 0.29) is 18.1 Å². The Kier molecular flexibility index (Phi) is 7.40. The summed E-state index contributed by atoms with van der Waals surface area (Å²) >= 11 is 6.09. The molecular formula is C28H24ClN3O5. The second kappa shape index (κ2) is 10.7. The lowest BCUT2D eigenvalue weighted by Crippen LogP contribution is -2.54. The van der Waals surface area contributed by atoms with E-state index in [9.17, 15) is 19.2 Å². The van der Waals surface area contributed by atoms with Crippen molar-refractivity contribution in [1.82, 2.24) is 5.32 Å². The van der Waals surface area contributed by atoms with Crippen LogP contribution in [0.1, 0.15) is 22.3 Å². The number of barbiturate groups is 1. The van der Waals surface area contributed by atoms with Crippen LogP contribution in [0.4, 0.5) is 16.2 Å². The zero-order valence-electron chi connectivity index (χ0n) is 20.4. The smallest absolute Gasteiger partial charge is 0.335 e. The quantitative estimate of drug-likeness (QED) is 0.355. The summed E-state index contributed by atoms with van der Waals surface area (Å²) in [4.78, 5) is 51.3. The zero-order valence-corrected chi connectivity index (χ0v) is 21.2. The van der Waals surface area contributed by atoms with E-state index in [4.69, 9.17) is 16.3 Å². The first-order chi connectivity index (χ1) is 17.6. The monoisotopic (exact) mass is 517 g/mol. The van der Waals surface area contributed by atoms with Crippen molar-refractivity contribution >= 4 is 52.8 Å². The highest BCUT2D eigenvalue weighted by atomic mass is 35.5. The molecule has 0 spiro atoms. The van der Waals surface area contributed by atoms with Crippen LogP contribution in [0.25, 0.3) is 6.08 Å². The van der Waals surface area contributed by atoms with Crippen LogP contribution < -0.4 is 20.3 Å². The molecule has 9 heteroatoms. The van der Waals surface area contributed by atoms with Crippen LogP contribution in [0.5, 0.6) is 5.75 Å². The summed E-state index contributed by atoms with van der Waals surface area (Å²) < 4.78 is 5.59. The lowest BCUT2D eigenvalue weighted by atomic mass is 10.0. The Morgan fingerprint density at radius 3 is 2.46 bits per heavy atom. The van der Waals surface area contributed by atoms with Crippen LogP contribution in [0.2, 0.25) is 5.02 Å². The number of anilines is 2. The number of rotatable bonds is 6. The van der Waals surface area contributed by atoms with Gasteiger partial charge in [-0.05, 0) is 85.5 Å². The van der Waals surface area contributed by atoms with E-state index in [1.807, 2.05) is 20.8 Å². The number of halogens is 1. The molecule has 3 aromatic rings. The van der Waals surface area contributed by atoms with Gasteiger partial charge < -0.3 is 10.1 Å². The van der Waals surface area contributed by atoms with Gasteiger partial charge in [-0.15, -0.1) is 0 Å². The lowest BCUT2D eigenvalue weighted by Gasteiger charge is -2.26. The molecule has 37 heavy (non-hydrogen) atoms. The number of aryl methyl sites for hydroxylation is 3. The molecule has 3 aromatic carbocycles. The Labute approximate surface area is 218 Å². The van der Waals surface area contributed by atoms with Crippen molar-refractivity contribution in [3.63, 3.8) is 0 Å². The summed E-state index contributed by atoms with van der Waals surface area (Å²) in [6.45, 7) is 5.39. The summed E-state index contributed by atoms with van der Waals surface area (Å²) in [5.74, 6) is -1.55. The molecule has 0 saturated carbocycles. The third-order valence-electron chi connectivity index (χ3n) is 5.84. The van der Waals surface area contributed by atoms with E-state index in [2.05, 4.69) is 10.6 Å². The zero-order chi connectivity index (χ0) is 26.7. The highest BCUT2D eigenvalue weighted by Crippen LogP contribution is 2.25. The molecule has 0 bridgehead atoms. The minimum Gasteiger partial charge on any atom is -0.484 e. The molecule has 0 atom stereocenters. The number of urea groups is 1. The average Bonchev–Trinajstić information content (AvgIpc) is 2.85. The molecule has 8 nitrogen and oxygen atoms in total. The van der Waals surface area contributed by atoms with Gasteiger partial charge in [-0.2, -0.15) is 0 Å². The van der Waals surface area contributed by atoms with Crippen LogP contribution in [-0.2, 0) is 14.4 Å². The third-order valence-corrected chi connectivity index (χ3v) is 6.25. The number of ether oxygens (including phenoxy) is 1. The summed E-state index contributed by atoms with van der Waals surface area (Å²) in [6.07, 6.45) is 1.37. The van der Waals surface area contributed by atoms with Crippen LogP contribution in [-0.4, -0.2) is 30.4 Å². The predicted molar refractivity (Wildman–Crippen MR) is 142 cm³/mol. The first-order valence-electron chi connectivity index (χ1n) is 11.4. The molecular weight excluding hydrogens is 494 g/mol. The van der Waals surface area contributed by atoms with Crippen LogP contribution in [0, 0.1) is 20.8 Å². The molecule has 1 aliphatic rings. The van der Waals surface area contributed by atoms with Crippen molar-refractivity contribution in [2.75, 3.05) is 16.8 Å². The number of carbonyl (C=O) groups excluding carboxylic acids is 4. The number of carbonyl (C=O) groups is 4. The standard InChI is InChI=1S/C28H24ClN3O5/c1-16-8-10-21(11-18(16)3)32-27(35)23(26(34)31-28(32)36)13-19-5-4-6-22(12-19)37-15-25(33)30-20-9-7-17(2)24(29)14-20/h4-14H,15H2,1-3H3,(H,30,33)(H,31,34,36)/b23-13-. The fourth-order valence-electron chi connectivity index (χ4n) is 3.63. The highest BCUT2D eigenvalue weighted by molar-refractivity contribution is 6.39. The molecule has 0 aromatic heterocycles. The van der Waals surface area contributed by atoms with Crippen LogP contribution >= 0.6 is 11.6 Å². The Hall–Kier alpha value is -4.43. The molecule has 1 fully saturated rings. The molecule has 188 valence electrons. The number of imide groups is 2. The van der Waals surface area contributed by atoms with Crippen molar-refractivity contribution in [2.24, 2.45) is 0 Å². The Morgan fingerprint density at radius 2 is 1.73 bits per heavy atom. The van der Waals surface area contributed by atoms with Gasteiger partial charge >= 0.3 is 6.03 Å². The van der Waals surface area contributed by atoms with Gasteiger partial charge in [0.2, 0.25) is 0 Å². The first kappa shape index (κ1) is 25.7. The predicted octanol–water partition coefficient (Wildman–Crippen LogP) is 4.95. The van der Waals surface area contributed by atoms with Gasteiger partial charge in [0.1, 0.15) is 11.3 Å². The average molecular weight is 518 g/mol. The highest BCUT2D eigenvalue weighted by Gasteiger charge is 2.36. The van der Waals surface area contributed by atoms with E-state index in [1.165, 1.54) is 6.08 Å². The summed E-state index contributed by atoms with van der Waals surface area (Å²) in [6, 6.07) is 16.1. The Balaban J connectivity index is 1.49. The normalized spacial score (nSPS) is 14.5. The van der Waals surface area contributed by atoms with E-state index in [1.54, 1.807) is 60.7 Å². The molecule has 1 aliphatic heterocycles. The minimum atomic E-state index is -0.812. The second-order valence-electron chi connectivity index (χ2n) is 8.60. The van der Waals surface area contributed by atoms with Crippen molar-refractivity contribution < 1.29 is 23.9 Å². The third kappa shape index (κ3) is 5.87. The number of hydrogen-bond donors (Lipinski definition) is 2. The van der Waals surface area contributed by atoms with Gasteiger partial charge in [-0.3, -0.25) is 19.7 Å². The van der Waals surface area contributed by atoms with E-state index >= 15 is 0 Å². The van der Waals surface area contributed by atoms with Crippen LogP contribution in [0.3, 0.4) is 0 Å². The second-order valence-corrected chi connectivity index (χ2v) is 9.01. The first-order valence-corrected chi connectivity index (χ1v) is 11.8. The van der Waals surface area contributed by atoms with Gasteiger partial charge in [0.25, 0.3) is 17.7 Å². The summed E-state index contributed by atoms with van der Waals surface area (Å²) in [7, 11) is 0. The SMILES string of the molecule is Cc1ccc(N2C(=O)NC(=O)/C(=C/c3cccc(OCC(=O)Nc4ccc(C)c(Cl)c4)c3)C2=O)cc1C. The van der Waals surface area contributed by atoms with Gasteiger partial charge in [0, 0.05) is 10.7 Å². The number of nitrogens with zero attached hydrogens (tertiary/aromatic N) is 1. The summed E-state index contributed by atoms with van der Waals surface area (Å²) in [5, 5.41) is 5.46. The Bertz CT molecular complexity index is 1460. The van der Waals surface area contributed by atoms with E-state index in [0.717, 1.165) is 21.6 Å². The fourth-order valence-corrected chi connectivity index (χ4v) is 3.81. The largest absolute Gasteiger partial charge is 0.484 e. The van der Waals surface area contributed by atoms with Gasteiger partial charge in [-0.25, -0.2) is 9.69 Å². The maximum atomic E-state index is 13.1.